The van der Waals surface area contributed by atoms with Crippen LogP contribution in [-0.4, -0.2) is 16.1 Å². The third kappa shape index (κ3) is 3.18. The monoisotopic (exact) mass is 286 g/mol. The Bertz CT molecular complexity index is 450. The zero-order valence-electron chi connectivity index (χ0n) is 10.9. The first-order chi connectivity index (χ1) is 9.45. The van der Waals surface area contributed by atoms with Gasteiger partial charge in [-0.1, -0.05) is 60.7 Å². The van der Waals surface area contributed by atoms with Crippen molar-refractivity contribution in [2.24, 2.45) is 0 Å². The number of hydrogen-bond acceptors (Lipinski definition) is 2. The second-order valence-corrected chi connectivity index (χ2v) is 7.56. The second-order valence-electron chi connectivity index (χ2n) is 4.76. The third-order valence-corrected chi connectivity index (χ3v) is 6.51. The van der Waals surface area contributed by atoms with Gasteiger partial charge in [0, 0.05) is 5.92 Å². The molecule has 1 fully saturated rings. The molecule has 1 aliphatic rings. The second kappa shape index (κ2) is 6.53. The van der Waals surface area contributed by atoms with E-state index in [1.165, 1.54) is 29.1 Å². The molecule has 1 heterocycles. The van der Waals surface area contributed by atoms with Crippen molar-refractivity contribution in [3.05, 3.63) is 71.8 Å². The highest BCUT2D eigenvalue weighted by molar-refractivity contribution is 8.17. The molecule has 0 amide bonds. The Morgan fingerprint density at radius 3 is 1.68 bits per heavy atom. The molecule has 1 aliphatic heterocycles. The number of benzene rings is 2. The van der Waals surface area contributed by atoms with Gasteiger partial charge in [0.05, 0.1) is 4.58 Å². The van der Waals surface area contributed by atoms with Gasteiger partial charge in [-0.15, -0.1) is 23.5 Å². The summed E-state index contributed by atoms with van der Waals surface area (Å²) in [5.41, 5.74) is 2.89. The smallest absolute Gasteiger partial charge is 0.0611 e. The molecular formula is C17H18S2. The van der Waals surface area contributed by atoms with E-state index >= 15 is 0 Å². The van der Waals surface area contributed by atoms with Crippen molar-refractivity contribution < 1.29 is 0 Å². The van der Waals surface area contributed by atoms with Crippen LogP contribution in [-0.2, 0) is 0 Å². The maximum Gasteiger partial charge on any atom is 0.0611 e. The lowest BCUT2D eigenvalue weighted by Gasteiger charge is -2.30. The molecule has 0 bridgehead atoms. The summed E-state index contributed by atoms with van der Waals surface area (Å²) in [5, 5.41) is 0. The van der Waals surface area contributed by atoms with Crippen molar-refractivity contribution in [3.63, 3.8) is 0 Å². The van der Waals surface area contributed by atoms with E-state index < -0.39 is 0 Å². The van der Waals surface area contributed by atoms with E-state index in [4.69, 9.17) is 0 Å². The fourth-order valence-corrected chi connectivity index (χ4v) is 5.77. The maximum atomic E-state index is 2.27. The Hall–Kier alpha value is -0.860. The highest BCUT2D eigenvalue weighted by Crippen LogP contribution is 2.43. The Morgan fingerprint density at radius 2 is 1.21 bits per heavy atom. The summed E-state index contributed by atoms with van der Waals surface area (Å²) in [6, 6.07) is 21.9. The molecule has 1 saturated heterocycles. The van der Waals surface area contributed by atoms with Gasteiger partial charge in [-0.25, -0.2) is 0 Å². The molecule has 0 aromatic heterocycles. The lowest BCUT2D eigenvalue weighted by molar-refractivity contribution is 0.889. The molecule has 0 aliphatic carbocycles. The minimum absolute atomic E-state index is 0.512. The summed E-state index contributed by atoms with van der Waals surface area (Å²) in [4.78, 5) is 0. The van der Waals surface area contributed by atoms with E-state index in [0.29, 0.717) is 10.5 Å². The molecular weight excluding hydrogens is 268 g/mol. The third-order valence-electron chi connectivity index (χ3n) is 3.44. The SMILES string of the molecule is c1ccc(C(c2ccccc2)C2SCCCS2)cc1. The first kappa shape index (κ1) is 13.1. The zero-order chi connectivity index (χ0) is 12.9. The van der Waals surface area contributed by atoms with Crippen LogP contribution in [0, 0.1) is 0 Å². The van der Waals surface area contributed by atoms with Crippen molar-refractivity contribution in [1.82, 2.24) is 0 Å². The molecule has 2 aromatic carbocycles. The first-order valence-electron chi connectivity index (χ1n) is 6.78. The quantitative estimate of drug-likeness (QED) is 0.777. The lowest BCUT2D eigenvalue weighted by Crippen LogP contribution is -2.18. The molecule has 0 unspecified atom stereocenters. The van der Waals surface area contributed by atoms with Gasteiger partial charge in [0.2, 0.25) is 0 Å². The van der Waals surface area contributed by atoms with Crippen molar-refractivity contribution in [3.8, 4) is 0 Å². The molecule has 0 radical (unpaired) electrons. The van der Waals surface area contributed by atoms with E-state index in [0.717, 1.165) is 0 Å². The molecule has 98 valence electrons. The fourth-order valence-electron chi connectivity index (χ4n) is 2.53. The summed E-state index contributed by atoms with van der Waals surface area (Å²) in [6.45, 7) is 0. The van der Waals surface area contributed by atoms with Crippen molar-refractivity contribution in [2.75, 3.05) is 11.5 Å². The Kier molecular flexibility index (Phi) is 4.52. The van der Waals surface area contributed by atoms with Crippen LogP contribution in [0.15, 0.2) is 60.7 Å². The number of thioether (sulfide) groups is 2. The van der Waals surface area contributed by atoms with Crippen LogP contribution in [0.2, 0.25) is 0 Å². The predicted octanol–water partition coefficient (Wildman–Crippen LogP) is 5.01. The molecule has 0 saturated carbocycles. The molecule has 0 atom stereocenters. The largest absolute Gasteiger partial charge is 0.147 e. The van der Waals surface area contributed by atoms with Gasteiger partial charge < -0.3 is 0 Å². The summed E-state index contributed by atoms with van der Waals surface area (Å²) in [5.74, 6) is 3.11. The fraction of sp³-hybridized carbons (Fsp3) is 0.294. The van der Waals surface area contributed by atoms with E-state index in [9.17, 15) is 0 Å². The highest BCUT2D eigenvalue weighted by Gasteiger charge is 2.27. The van der Waals surface area contributed by atoms with Crippen LogP contribution < -0.4 is 0 Å². The Morgan fingerprint density at radius 1 is 0.737 bits per heavy atom. The Balaban J connectivity index is 1.96. The molecule has 0 spiro atoms. The van der Waals surface area contributed by atoms with Crippen LogP contribution in [0.1, 0.15) is 23.5 Å². The lowest BCUT2D eigenvalue weighted by atomic mass is 9.93. The number of rotatable bonds is 3. The average molecular weight is 286 g/mol. The topological polar surface area (TPSA) is 0 Å². The van der Waals surface area contributed by atoms with Crippen LogP contribution >= 0.6 is 23.5 Å². The summed E-state index contributed by atoms with van der Waals surface area (Å²) < 4.78 is 0.651. The van der Waals surface area contributed by atoms with Gasteiger partial charge in [0.15, 0.2) is 0 Å². The maximum absolute atomic E-state index is 2.27. The van der Waals surface area contributed by atoms with Gasteiger partial charge in [-0.3, -0.25) is 0 Å². The Labute approximate surface area is 124 Å². The van der Waals surface area contributed by atoms with Gasteiger partial charge in [0.1, 0.15) is 0 Å². The summed E-state index contributed by atoms with van der Waals surface area (Å²) in [6.07, 6.45) is 1.35. The van der Waals surface area contributed by atoms with Crippen LogP contribution in [0.5, 0.6) is 0 Å². The van der Waals surface area contributed by atoms with Gasteiger partial charge in [-0.05, 0) is 29.1 Å². The zero-order valence-corrected chi connectivity index (χ0v) is 12.5. The number of hydrogen-bond donors (Lipinski definition) is 0. The molecule has 0 N–H and O–H groups in total. The van der Waals surface area contributed by atoms with Crippen LogP contribution in [0.3, 0.4) is 0 Å². The average Bonchev–Trinajstić information content (AvgIpc) is 2.51. The van der Waals surface area contributed by atoms with Gasteiger partial charge in [-0.2, -0.15) is 0 Å². The minimum Gasteiger partial charge on any atom is -0.147 e. The molecule has 3 rings (SSSR count). The normalized spacial score (nSPS) is 16.7. The van der Waals surface area contributed by atoms with E-state index in [2.05, 4.69) is 84.2 Å². The van der Waals surface area contributed by atoms with Gasteiger partial charge in [0.25, 0.3) is 0 Å². The van der Waals surface area contributed by atoms with E-state index in [-0.39, 0.29) is 0 Å². The summed E-state index contributed by atoms with van der Waals surface area (Å²) in [7, 11) is 0. The first-order valence-corrected chi connectivity index (χ1v) is 8.88. The van der Waals surface area contributed by atoms with E-state index in [1.54, 1.807) is 0 Å². The predicted molar refractivity (Wildman–Crippen MR) is 88.0 cm³/mol. The standard InChI is InChI=1S/C17H18S2/c1-3-8-14(9-4-1)16(15-10-5-2-6-11-15)17-18-12-7-13-19-17/h1-6,8-11,16-17H,7,12-13H2. The van der Waals surface area contributed by atoms with Crippen molar-refractivity contribution >= 4 is 23.5 Å². The van der Waals surface area contributed by atoms with Crippen molar-refractivity contribution in [1.29, 1.82) is 0 Å². The van der Waals surface area contributed by atoms with E-state index in [1.807, 2.05) is 0 Å². The summed E-state index contributed by atoms with van der Waals surface area (Å²) >= 11 is 4.25. The molecule has 0 nitrogen and oxygen atoms in total. The molecule has 2 aromatic rings. The minimum atomic E-state index is 0.512. The molecule has 19 heavy (non-hydrogen) atoms. The van der Waals surface area contributed by atoms with Crippen LogP contribution in [0.4, 0.5) is 0 Å². The highest BCUT2D eigenvalue weighted by atomic mass is 32.2. The van der Waals surface area contributed by atoms with Crippen molar-refractivity contribution in [2.45, 2.75) is 16.9 Å². The van der Waals surface area contributed by atoms with Gasteiger partial charge >= 0.3 is 0 Å². The van der Waals surface area contributed by atoms with Crippen LogP contribution in [0.25, 0.3) is 0 Å². The molecule has 2 heteroatoms.